The van der Waals surface area contributed by atoms with E-state index in [0.29, 0.717) is 16.6 Å². The summed E-state index contributed by atoms with van der Waals surface area (Å²) >= 11 is 12.0. The molecule has 1 heterocycles. The van der Waals surface area contributed by atoms with Crippen LogP contribution in [0.5, 0.6) is 0 Å². The van der Waals surface area contributed by atoms with Gasteiger partial charge in [0.25, 0.3) is 11.8 Å². The lowest BCUT2D eigenvalue weighted by Crippen LogP contribution is -2.38. The summed E-state index contributed by atoms with van der Waals surface area (Å²) in [5, 5.41) is 5.62. The van der Waals surface area contributed by atoms with E-state index in [4.69, 9.17) is 29.0 Å². The van der Waals surface area contributed by atoms with E-state index < -0.39 is 29.3 Å². The third-order valence-corrected chi connectivity index (χ3v) is 4.66. The second-order valence-electron chi connectivity index (χ2n) is 6.41. The van der Waals surface area contributed by atoms with Crippen LogP contribution in [0.15, 0.2) is 54.4 Å². The van der Waals surface area contributed by atoms with Gasteiger partial charge in [-0.05, 0) is 42.8 Å². The molecule has 32 heavy (non-hydrogen) atoms. The van der Waals surface area contributed by atoms with Gasteiger partial charge in [0.05, 0.1) is 21.8 Å². The van der Waals surface area contributed by atoms with Crippen molar-refractivity contribution in [1.82, 2.24) is 10.3 Å². The zero-order chi connectivity index (χ0) is 24.2. The highest BCUT2D eigenvalue weighted by Gasteiger charge is 2.33. The lowest BCUT2D eigenvalue weighted by Gasteiger charge is -2.23. The minimum atomic E-state index is -4.83. The number of aryl methyl sites for hydroxylation is 1. The number of carbonyl (C=O) groups excluding carboxylic acids is 2. The molecule has 2 amide bonds. The van der Waals surface area contributed by atoms with Crippen LogP contribution < -0.4 is 21.5 Å². The first kappa shape index (κ1) is 25.2. The van der Waals surface area contributed by atoms with Gasteiger partial charge in [0.2, 0.25) is 0 Å². The first-order valence-electron chi connectivity index (χ1n) is 8.83. The summed E-state index contributed by atoms with van der Waals surface area (Å²) in [6, 6.07) is 5.64. The first-order chi connectivity index (χ1) is 14.9. The molecule has 0 atom stereocenters. The van der Waals surface area contributed by atoms with Gasteiger partial charge in [-0.15, -0.1) is 0 Å². The van der Waals surface area contributed by atoms with E-state index in [0.717, 1.165) is 0 Å². The predicted molar refractivity (Wildman–Crippen MR) is 117 cm³/mol. The van der Waals surface area contributed by atoms with Crippen LogP contribution in [-0.2, 0) is 4.79 Å². The Labute approximate surface area is 191 Å². The fraction of sp³-hybridized carbons (Fsp3) is 0.150. The fourth-order valence-electron chi connectivity index (χ4n) is 2.56. The Morgan fingerprint density at radius 2 is 1.94 bits per heavy atom. The standard InChI is InChI=1S/C20H18Cl2F3N5O2/c1-10-7-12(21)9-13(18(31)27-3)16(10)29-19(32)15(8-11(2)20(23,24)25)30(26)17-14(22)5-4-6-28-17/h4-9H,2,26H2,1,3H3,(H,27,31)(H,29,32)/b15-8-. The molecule has 2 rings (SSSR count). The number of halogens is 5. The number of hydrogen-bond acceptors (Lipinski definition) is 5. The van der Waals surface area contributed by atoms with Gasteiger partial charge in [0.1, 0.15) is 5.70 Å². The molecule has 12 heteroatoms. The molecule has 2 aromatic rings. The molecule has 1 aromatic carbocycles. The molecule has 0 bridgehead atoms. The van der Waals surface area contributed by atoms with Gasteiger partial charge in [-0.25, -0.2) is 10.8 Å². The molecule has 0 spiro atoms. The summed E-state index contributed by atoms with van der Waals surface area (Å²) in [5.41, 5.74) is -1.60. The smallest absolute Gasteiger partial charge is 0.355 e. The van der Waals surface area contributed by atoms with E-state index in [9.17, 15) is 22.8 Å². The van der Waals surface area contributed by atoms with Crippen molar-refractivity contribution in [2.24, 2.45) is 5.84 Å². The highest BCUT2D eigenvalue weighted by molar-refractivity contribution is 6.33. The van der Waals surface area contributed by atoms with Crippen LogP contribution >= 0.6 is 23.2 Å². The monoisotopic (exact) mass is 487 g/mol. The molecule has 0 aliphatic rings. The summed E-state index contributed by atoms with van der Waals surface area (Å²) in [4.78, 5) is 29.2. The first-order valence-corrected chi connectivity index (χ1v) is 9.59. The van der Waals surface area contributed by atoms with Gasteiger partial charge in [0, 0.05) is 18.3 Å². The molecule has 0 unspecified atom stereocenters. The molecular weight excluding hydrogens is 470 g/mol. The van der Waals surface area contributed by atoms with E-state index in [1.54, 1.807) is 6.92 Å². The highest BCUT2D eigenvalue weighted by Crippen LogP contribution is 2.30. The van der Waals surface area contributed by atoms with Gasteiger partial charge in [-0.1, -0.05) is 29.8 Å². The third-order valence-electron chi connectivity index (χ3n) is 4.14. The van der Waals surface area contributed by atoms with E-state index in [1.165, 1.54) is 37.5 Å². The number of nitrogens with one attached hydrogen (secondary N) is 2. The fourth-order valence-corrected chi connectivity index (χ4v) is 3.05. The van der Waals surface area contributed by atoms with E-state index in [2.05, 4.69) is 22.2 Å². The second kappa shape index (κ2) is 10.0. The summed E-state index contributed by atoms with van der Waals surface area (Å²) < 4.78 is 39.4. The Balaban J connectivity index is 2.58. The Kier molecular flexibility index (Phi) is 7.89. The number of rotatable bonds is 6. The van der Waals surface area contributed by atoms with Gasteiger partial charge in [-0.2, -0.15) is 13.2 Å². The van der Waals surface area contributed by atoms with Crippen LogP contribution in [0, 0.1) is 6.92 Å². The number of amides is 2. The minimum Gasteiger partial charge on any atom is -0.355 e. The van der Waals surface area contributed by atoms with Crippen molar-refractivity contribution in [2.45, 2.75) is 13.1 Å². The number of carbonyl (C=O) groups is 2. The molecule has 0 saturated carbocycles. The number of hydrazine groups is 1. The molecule has 4 N–H and O–H groups in total. The Morgan fingerprint density at radius 3 is 2.50 bits per heavy atom. The molecule has 1 aromatic heterocycles. The van der Waals surface area contributed by atoms with Gasteiger partial charge >= 0.3 is 6.18 Å². The molecule has 170 valence electrons. The molecule has 0 fully saturated rings. The number of aromatic nitrogens is 1. The van der Waals surface area contributed by atoms with Crippen molar-refractivity contribution < 1.29 is 22.8 Å². The van der Waals surface area contributed by atoms with E-state index in [-0.39, 0.29) is 27.1 Å². The largest absolute Gasteiger partial charge is 0.415 e. The number of benzene rings is 1. The van der Waals surface area contributed by atoms with Crippen molar-refractivity contribution in [3.63, 3.8) is 0 Å². The minimum absolute atomic E-state index is 0.000659. The van der Waals surface area contributed by atoms with Crippen molar-refractivity contribution in [3.8, 4) is 0 Å². The molecule has 7 nitrogen and oxygen atoms in total. The molecular formula is C20H18Cl2F3N5O2. The number of hydrogen-bond donors (Lipinski definition) is 3. The van der Waals surface area contributed by atoms with E-state index >= 15 is 0 Å². The summed E-state index contributed by atoms with van der Waals surface area (Å²) in [5.74, 6) is 4.10. The van der Waals surface area contributed by atoms with Crippen LogP contribution in [0.3, 0.4) is 0 Å². The second-order valence-corrected chi connectivity index (χ2v) is 7.25. The highest BCUT2D eigenvalue weighted by atomic mass is 35.5. The van der Waals surface area contributed by atoms with Crippen LogP contribution in [0.1, 0.15) is 15.9 Å². The lowest BCUT2D eigenvalue weighted by molar-refractivity contribution is -0.113. The quantitative estimate of drug-likeness (QED) is 0.243. The maximum absolute atomic E-state index is 13.1. The number of pyridine rings is 1. The topological polar surface area (TPSA) is 100 Å². The molecule has 0 saturated heterocycles. The maximum Gasteiger partial charge on any atom is 0.415 e. The number of anilines is 2. The number of allylic oxidation sites excluding steroid dienone is 2. The number of nitrogens with zero attached hydrogens (tertiary/aromatic N) is 2. The summed E-state index contributed by atoms with van der Waals surface area (Å²) in [6.07, 6.45) is -3.09. The Bertz CT molecular complexity index is 1100. The SMILES string of the molecule is C=C(/C=C(/C(=O)Nc1c(C)cc(Cl)cc1C(=O)NC)N(N)c1ncccc1Cl)C(F)(F)F. The van der Waals surface area contributed by atoms with Crippen LogP contribution in [0.2, 0.25) is 10.0 Å². The summed E-state index contributed by atoms with van der Waals surface area (Å²) in [7, 11) is 1.37. The average molecular weight is 488 g/mol. The van der Waals surface area contributed by atoms with Gasteiger partial charge in [0.15, 0.2) is 5.82 Å². The lowest BCUT2D eigenvalue weighted by atomic mass is 10.1. The Hall–Kier alpha value is -3.08. The maximum atomic E-state index is 13.1. The molecule has 0 radical (unpaired) electrons. The van der Waals surface area contributed by atoms with Crippen molar-refractivity contribution >= 4 is 46.5 Å². The van der Waals surface area contributed by atoms with Gasteiger partial charge in [-0.3, -0.25) is 14.6 Å². The normalized spacial score (nSPS) is 11.7. The number of nitrogens with two attached hydrogens (primary N) is 1. The van der Waals surface area contributed by atoms with Gasteiger partial charge < -0.3 is 10.6 Å². The van der Waals surface area contributed by atoms with Crippen LogP contribution in [-0.4, -0.2) is 30.0 Å². The predicted octanol–water partition coefficient (Wildman–Crippen LogP) is 4.38. The summed E-state index contributed by atoms with van der Waals surface area (Å²) in [6.45, 7) is 4.50. The van der Waals surface area contributed by atoms with E-state index in [1.807, 2.05) is 0 Å². The number of alkyl halides is 3. The molecule has 0 aliphatic heterocycles. The van der Waals surface area contributed by atoms with Crippen LogP contribution in [0.4, 0.5) is 24.7 Å². The third kappa shape index (κ3) is 5.78. The molecule has 0 aliphatic carbocycles. The zero-order valence-corrected chi connectivity index (χ0v) is 18.4. The Morgan fingerprint density at radius 1 is 1.28 bits per heavy atom. The van der Waals surface area contributed by atoms with Crippen molar-refractivity contribution in [2.75, 3.05) is 17.4 Å². The van der Waals surface area contributed by atoms with Crippen molar-refractivity contribution in [1.29, 1.82) is 0 Å². The average Bonchev–Trinajstić information content (AvgIpc) is 2.71. The zero-order valence-electron chi connectivity index (χ0n) is 16.8. The van der Waals surface area contributed by atoms with Crippen LogP contribution in [0.25, 0.3) is 0 Å². The van der Waals surface area contributed by atoms with Crippen molar-refractivity contribution in [3.05, 3.63) is 75.6 Å².